The normalized spacial score (nSPS) is 14.9. The van der Waals surface area contributed by atoms with Gasteiger partial charge in [0.15, 0.2) is 0 Å². The zero-order valence-corrected chi connectivity index (χ0v) is 18.1. The monoisotopic (exact) mass is 414 g/mol. The van der Waals surface area contributed by atoms with Crippen molar-refractivity contribution < 1.29 is 18.7 Å². The van der Waals surface area contributed by atoms with Crippen molar-refractivity contribution in [3.63, 3.8) is 0 Å². The predicted molar refractivity (Wildman–Crippen MR) is 115 cm³/mol. The molecule has 1 aromatic carbocycles. The molecule has 7 heteroatoms. The number of likely N-dealkylation sites (tertiary alicyclic amines) is 1. The molecule has 30 heavy (non-hydrogen) atoms. The van der Waals surface area contributed by atoms with Crippen LogP contribution in [0.1, 0.15) is 44.2 Å². The summed E-state index contributed by atoms with van der Waals surface area (Å²) >= 11 is 0. The minimum Gasteiger partial charge on any atom is -0.497 e. The van der Waals surface area contributed by atoms with Crippen molar-refractivity contribution in [1.29, 1.82) is 0 Å². The van der Waals surface area contributed by atoms with Crippen molar-refractivity contribution >= 4 is 22.8 Å². The number of nitrogens with one attached hydrogen (secondary N) is 1. The Morgan fingerprint density at radius 3 is 2.57 bits per heavy atom. The molecule has 0 spiro atoms. The molecule has 2 heterocycles. The number of ether oxygens (including phenoxy) is 1. The largest absolute Gasteiger partial charge is 0.497 e. The number of hydrogen-bond donors (Lipinski definition) is 1. The highest BCUT2D eigenvalue weighted by Crippen LogP contribution is 2.24. The lowest BCUT2D eigenvalue weighted by molar-refractivity contribution is -0.136. The van der Waals surface area contributed by atoms with Gasteiger partial charge in [-0.1, -0.05) is 13.8 Å². The minimum absolute atomic E-state index is 0.00972. The average molecular weight is 415 g/mol. The van der Waals surface area contributed by atoms with Crippen LogP contribution in [0.4, 0.5) is 0 Å². The van der Waals surface area contributed by atoms with Crippen LogP contribution in [0.25, 0.3) is 11.0 Å². The van der Waals surface area contributed by atoms with E-state index >= 15 is 0 Å². The lowest BCUT2D eigenvalue weighted by Gasteiger charge is -2.26. The van der Waals surface area contributed by atoms with E-state index in [0.717, 1.165) is 36.9 Å². The number of aryl methyl sites for hydroxylation is 1. The summed E-state index contributed by atoms with van der Waals surface area (Å²) in [5.74, 6) is 0.338. The Hall–Kier alpha value is -2.83. The maximum Gasteiger partial charge on any atom is 0.339 e. The van der Waals surface area contributed by atoms with Crippen molar-refractivity contribution in [2.24, 2.45) is 5.92 Å². The maximum absolute atomic E-state index is 12.7. The molecule has 1 aliphatic rings. The van der Waals surface area contributed by atoms with E-state index in [-0.39, 0.29) is 30.6 Å². The molecule has 0 unspecified atom stereocenters. The highest BCUT2D eigenvalue weighted by molar-refractivity contribution is 5.88. The first-order valence-electron chi connectivity index (χ1n) is 10.5. The minimum atomic E-state index is -0.544. The van der Waals surface area contributed by atoms with E-state index in [1.807, 2.05) is 37.8 Å². The summed E-state index contributed by atoms with van der Waals surface area (Å²) in [6.45, 7) is 7.21. The molecular weight excluding hydrogens is 384 g/mol. The molecule has 1 fully saturated rings. The molecule has 7 nitrogen and oxygen atoms in total. The number of methoxy groups -OCH3 is 1. The molecule has 0 radical (unpaired) electrons. The van der Waals surface area contributed by atoms with Gasteiger partial charge in [-0.25, -0.2) is 4.79 Å². The molecule has 1 aliphatic heterocycles. The number of benzene rings is 1. The summed E-state index contributed by atoms with van der Waals surface area (Å²) in [4.78, 5) is 39.6. The van der Waals surface area contributed by atoms with Crippen LogP contribution < -0.4 is 15.7 Å². The molecule has 2 amide bonds. The van der Waals surface area contributed by atoms with Crippen molar-refractivity contribution in [1.82, 2.24) is 10.2 Å². The van der Waals surface area contributed by atoms with Gasteiger partial charge in [-0.2, -0.15) is 0 Å². The van der Waals surface area contributed by atoms with Crippen molar-refractivity contribution in [2.75, 3.05) is 20.2 Å². The smallest absolute Gasteiger partial charge is 0.339 e. The number of hydrogen-bond acceptors (Lipinski definition) is 5. The number of fused-ring (bicyclic) bond motifs is 1. The van der Waals surface area contributed by atoms with Crippen LogP contribution >= 0.6 is 0 Å². The van der Waals surface area contributed by atoms with Gasteiger partial charge in [-0.05, 0) is 49.8 Å². The van der Waals surface area contributed by atoms with Crippen LogP contribution in [0.2, 0.25) is 0 Å². The Bertz CT molecular complexity index is 989. The Morgan fingerprint density at radius 1 is 1.23 bits per heavy atom. The zero-order valence-electron chi connectivity index (χ0n) is 18.1. The zero-order chi connectivity index (χ0) is 21.8. The van der Waals surface area contributed by atoms with Gasteiger partial charge in [0.05, 0.1) is 7.11 Å². The number of carbonyl (C=O) groups excluding carboxylic acids is 2. The molecule has 162 valence electrons. The van der Waals surface area contributed by atoms with E-state index in [2.05, 4.69) is 5.32 Å². The molecule has 1 aromatic heterocycles. The van der Waals surface area contributed by atoms with Crippen LogP contribution in [0.3, 0.4) is 0 Å². The van der Waals surface area contributed by atoms with E-state index < -0.39 is 11.7 Å². The molecule has 0 bridgehead atoms. The summed E-state index contributed by atoms with van der Waals surface area (Å²) in [7, 11) is 1.55. The summed E-state index contributed by atoms with van der Waals surface area (Å²) < 4.78 is 10.6. The topological polar surface area (TPSA) is 88.9 Å². The fourth-order valence-corrected chi connectivity index (χ4v) is 3.92. The van der Waals surface area contributed by atoms with E-state index in [1.165, 1.54) is 0 Å². The highest BCUT2D eigenvalue weighted by atomic mass is 16.5. The fourth-order valence-electron chi connectivity index (χ4n) is 3.92. The van der Waals surface area contributed by atoms with Gasteiger partial charge in [0, 0.05) is 36.5 Å². The van der Waals surface area contributed by atoms with Crippen LogP contribution in [0.5, 0.6) is 5.75 Å². The summed E-state index contributed by atoms with van der Waals surface area (Å²) in [6, 6.07) is 4.79. The molecular formula is C23H30N2O5. The number of nitrogens with zero attached hydrogens (tertiary/aromatic N) is 1. The third kappa shape index (κ3) is 4.66. The first-order chi connectivity index (χ1) is 14.3. The molecule has 1 atom stereocenters. The number of rotatable bonds is 7. The molecule has 1 N–H and O–H groups in total. The Labute approximate surface area is 176 Å². The van der Waals surface area contributed by atoms with Crippen molar-refractivity contribution in [2.45, 2.75) is 52.5 Å². The van der Waals surface area contributed by atoms with Gasteiger partial charge < -0.3 is 19.4 Å². The van der Waals surface area contributed by atoms with Crippen LogP contribution in [0.15, 0.2) is 27.4 Å². The second-order valence-electron chi connectivity index (χ2n) is 8.18. The Morgan fingerprint density at radius 2 is 1.93 bits per heavy atom. The molecule has 0 saturated carbocycles. The van der Waals surface area contributed by atoms with Gasteiger partial charge in [-0.3, -0.25) is 9.59 Å². The summed E-state index contributed by atoms with van der Waals surface area (Å²) in [6.07, 6.45) is 2.38. The third-order valence-corrected chi connectivity index (χ3v) is 5.76. The Kier molecular flexibility index (Phi) is 6.80. The van der Waals surface area contributed by atoms with Crippen LogP contribution in [-0.2, 0) is 16.0 Å². The first-order valence-corrected chi connectivity index (χ1v) is 10.5. The van der Waals surface area contributed by atoms with E-state index in [9.17, 15) is 14.4 Å². The van der Waals surface area contributed by atoms with Gasteiger partial charge in [-0.15, -0.1) is 0 Å². The van der Waals surface area contributed by atoms with E-state index in [1.54, 1.807) is 13.2 Å². The number of amides is 2. The second-order valence-corrected chi connectivity index (χ2v) is 8.18. The summed E-state index contributed by atoms with van der Waals surface area (Å²) in [5.41, 5.74) is 1.29. The van der Waals surface area contributed by atoms with Gasteiger partial charge in [0.1, 0.15) is 17.4 Å². The quantitative estimate of drug-likeness (QED) is 0.704. The lowest BCUT2D eigenvalue weighted by atomic mass is 10.0. The molecule has 3 rings (SSSR count). The van der Waals surface area contributed by atoms with Gasteiger partial charge in [0.25, 0.3) is 0 Å². The van der Waals surface area contributed by atoms with Crippen molar-refractivity contribution in [3.8, 4) is 5.75 Å². The molecule has 2 aromatic rings. The van der Waals surface area contributed by atoms with Gasteiger partial charge in [0.2, 0.25) is 11.8 Å². The standard InChI is InChI=1S/C23H30N2O5/c1-14(2)21(22(27)25-11-5-6-12-25)24-20(26)10-9-18-15(3)17-8-7-16(29-4)13-19(17)30-23(18)28/h7-8,13-14,21H,5-6,9-12H2,1-4H3,(H,24,26)/t21-/m0/s1. The molecule has 0 aliphatic carbocycles. The predicted octanol–water partition coefficient (Wildman–Crippen LogP) is 2.81. The second kappa shape index (κ2) is 9.32. The first kappa shape index (κ1) is 21.9. The molecule has 1 saturated heterocycles. The average Bonchev–Trinajstić information content (AvgIpc) is 3.25. The van der Waals surface area contributed by atoms with Crippen LogP contribution in [0, 0.1) is 12.8 Å². The fraction of sp³-hybridized carbons (Fsp3) is 0.522. The van der Waals surface area contributed by atoms with E-state index in [0.29, 0.717) is 16.9 Å². The SMILES string of the molecule is COc1ccc2c(C)c(CCC(=O)N[C@H](C(=O)N3CCCC3)C(C)C)c(=O)oc2c1. The summed E-state index contributed by atoms with van der Waals surface area (Å²) in [5, 5.41) is 3.69. The number of carbonyl (C=O) groups is 2. The van der Waals surface area contributed by atoms with Gasteiger partial charge >= 0.3 is 5.63 Å². The Balaban J connectivity index is 1.71. The van der Waals surface area contributed by atoms with Crippen molar-refractivity contribution in [3.05, 3.63) is 39.7 Å². The lowest BCUT2D eigenvalue weighted by Crippen LogP contribution is -2.50. The highest BCUT2D eigenvalue weighted by Gasteiger charge is 2.30. The third-order valence-electron chi connectivity index (χ3n) is 5.76. The maximum atomic E-state index is 12.7. The van der Waals surface area contributed by atoms with Crippen LogP contribution in [-0.4, -0.2) is 43.0 Å². The van der Waals surface area contributed by atoms with E-state index in [4.69, 9.17) is 9.15 Å².